The topological polar surface area (TPSA) is 63.9 Å². The lowest BCUT2D eigenvalue weighted by Gasteiger charge is -2.30. The van der Waals surface area contributed by atoms with E-state index in [1.807, 2.05) is 12.4 Å². The number of nitrogens with two attached hydrogens (primary N) is 1. The third-order valence-electron chi connectivity index (χ3n) is 2.60. The fourth-order valence-electron chi connectivity index (χ4n) is 1.87. The molecular formula is C9H15N3O. The first-order valence-corrected chi connectivity index (χ1v) is 4.72. The average molecular weight is 181 g/mol. The molecular weight excluding hydrogens is 166 g/mol. The highest BCUT2D eigenvalue weighted by molar-refractivity contribution is 5.09. The Kier molecular flexibility index (Phi) is 2.61. The van der Waals surface area contributed by atoms with Crippen LogP contribution in [-0.2, 0) is 4.74 Å². The van der Waals surface area contributed by atoms with Gasteiger partial charge in [0.15, 0.2) is 0 Å². The summed E-state index contributed by atoms with van der Waals surface area (Å²) in [6.45, 7) is 1.53. The summed E-state index contributed by atoms with van der Waals surface area (Å²) in [4.78, 5) is 0. The predicted octanol–water partition coefficient (Wildman–Crippen LogP) is 0.836. The van der Waals surface area contributed by atoms with Gasteiger partial charge in [0.05, 0.1) is 12.3 Å². The fraction of sp³-hybridized carbons (Fsp3) is 0.667. The third-order valence-corrected chi connectivity index (χ3v) is 2.60. The largest absolute Gasteiger partial charge is 0.373 e. The number of rotatable bonds is 2. The number of nitrogens with one attached hydrogen (secondary N) is 1. The van der Waals surface area contributed by atoms with Crippen LogP contribution in [0.3, 0.4) is 0 Å². The van der Waals surface area contributed by atoms with Crippen molar-refractivity contribution < 1.29 is 4.74 Å². The fourth-order valence-corrected chi connectivity index (χ4v) is 1.87. The minimum absolute atomic E-state index is 0.150. The Morgan fingerprint density at radius 3 is 3.31 bits per heavy atom. The van der Waals surface area contributed by atoms with E-state index in [1.54, 1.807) is 0 Å². The third kappa shape index (κ3) is 1.73. The Balaban J connectivity index is 2.11. The van der Waals surface area contributed by atoms with Crippen LogP contribution in [0.4, 0.5) is 0 Å². The Hall–Kier alpha value is -0.870. The molecule has 0 saturated carbocycles. The second-order valence-electron chi connectivity index (χ2n) is 3.46. The van der Waals surface area contributed by atoms with E-state index in [0.29, 0.717) is 12.5 Å². The molecule has 0 aliphatic carbocycles. The zero-order valence-electron chi connectivity index (χ0n) is 7.57. The van der Waals surface area contributed by atoms with Crippen molar-refractivity contribution in [3.63, 3.8) is 0 Å². The molecule has 1 fully saturated rings. The number of hydrogen-bond acceptors (Lipinski definition) is 3. The van der Waals surface area contributed by atoms with Crippen LogP contribution in [0.2, 0.25) is 0 Å². The van der Waals surface area contributed by atoms with E-state index in [2.05, 4.69) is 10.2 Å². The van der Waals surface area contributed by atoms with E-state index >= 15 is 0 Å². The quantitative estimate of drug-likeness (QED) is 0.710. The van der Waals surface area contributed by atoms with Gasteiger partial charge in [-0.3, -0.25) is 5.10 Å². The second-order valence-corrected chi connectivity index (χ2v) is 3.46. The van der Waals surface area contributed by atoms with Gasteiger partial charge in [-0.1, -0.05) is 0 Å². The summed E-state index contributed by atoms with van der Waals surface area (Å²) < 4.78 is 5.69. The standard InChI is InChI=1S/C9H15N3O/c10-4-7-2-1-3-13-9(7)8-5-11-12-6-8/h5-7,9H,1-4,10H2,(H,11,12). The van der Waals surface area contributed by atoms with Gasteiger partial charge in [-0.2, -0.15) is 5.10 Å². The van der Waals surface area contributed by atoms with Gasteiger partial charge in [0.25, 0.3) is 0 Å². The van der Waals surface area contributed by atoms with Gasteiger partial charge in [-0.15, -0.1) is 0 Å². The Bertz CT molecular complexity index is 247. The number of hydrogen-bond donors (Lipinski definition) is 2. The SMILES string of the molecule is NCC1CCCOC1c1cn[nH]c1. The van der Waals surface area contributed by atoms with E-state index in [4.69, 9.17) is 10.5 Å². The maximum atomic E-state index is 5.69. The molecule has 2 atom stereocenters. The van der Waals surface area contributed by atoms with Crippen molar-refractivity contribution in [3.05, 3.63) is 18.0 Å². The molecule has 1 aliphatic heterocycles. The van der Waals surface area contributed by atoms with Crippen molar-refractivity contribution in [1.82, 2.24) is 10.2 Å². The first kappa shape index (κ1) is 8.72. The monoisotopic (exact) mass is 181 g/mol. The summed E-state index contributed by atoms with van der Waals surface area (Å²) in [5, 5.41) is 6.72. The molecule has 2 unspecified atom stereocenters. The second kappa shape index (κ2) is 3.89. The molecule has 0 aromatic carbocycles. The number of aromatic amines is 1. The summed E-state index contributed by atoms with van der Waals surface area (Å²) >= 11 is 0. The molecule has 3 N–H and O–H groups in total. The van der Waals surface area contributed by atoms with E-state index in [1.165, 1.54) is 0 Å². The average Bonchev–Trinajstić information content (AvgIpc) is 2.70. The van der Waals surface area contributed by atoms with Gasteiger partial charge in [0.2, 0.25) is 0 Å². The maximum absolute atomic E-state index is 5.69. The van der Waals surface area contributed by atoms with Crippen LogP contribution in [0.25, 0.3) is 0 Å². The van der Waals surface area contributed by atoms with Gasteiger partial charge in [-0.25, -0.2) is 0 Å². The van der Waals surface area contributed by atoms with Crippen LogP contribution in [0.5, 0.6) is 0 Å². The van der Waals surface area contributed by atoms with Crippen molar-refractivity contribution in [1.29, 1.82) is 0 Å². The molecule has 4 heteroatoms. The molecule has 1 saturated heterocycles. The molecule has 72 valence electrons. The zero-order chi connectivity index (χ0) is 9.10. The number of aromatic nitrogens is 2. The molecule has 1 aromatic rings. The molecule has 1 aromatic heterocycles. The van der Waals surface area contributed by atoms with Gasteiger partial charge in [0.1, 0.15) is 0 Å². The first-order chi connectivity index (χ1) is 6.42. The number of ether oxygens (including phenoxy) is 1. The molecule has 1 aliphatic rings. The van der Waals surface area contributed by atoms with Crippen LogP contribution < -0.4 is 5.73 Å². The molecule has 0 spiro atoms. The van der Waals surface area contributed by atoms with Crippen molar-refractivity contribution in [2.75, 3.05) is 13.2 Å². The Morgan fingerprint density at radius 2 is 2.62 bits per heavy atom. The first-order valence-electron chi connectivity index (χ1n) is 4.72. The van der Waals surface area contributed by atoms with Crippen molar-refractivity contribution >= 4 is 0 Å². The minimum atomic E-state index is 0.150. The highest BCUT2D eigenvalue weighted by Gasteiger charge is 2.26. The molecule has 2 heterocycles. The van der Waals surface area contributed by atoms with Gasteiger partial charge in [-0.05, 0) is 19.4 Å². The van der Waals surface area contributed by atoms with E-state index in [0.717, 1.165) is 25.0 Å². The summed E-state index contributed by atoms with van der Waals surface area (Å²) in [6.07, 6.45) is 6.14. The molecule has 0 amide bonds. The van der Waals surface area contributed by atoms with Crippen LogP contribution in [0.15, 0.2) is 12.4 Å². The van der Waals surface area contributed by atoms with Crippen LogP contribution in [-0.4, -0.2) is 23.3 Å². The molecule has 0 bridgehead atoms. The predicted molar refractivity (Wildman–Crippen MR) is 49.1 cm³/mol. The zero-order valence-corrected chi connectivity index (χ0v) is 7.57. The maximum Gasteiger partial charge on any atom is 0.0895 e. The van der Waals surface area contributed by atoms with Gasteiger partial charge < -0.3 is 10.5 Å². The summed E-state index contributed by atoms with van der Waals surface area (Å²) in [7, 11) is 0. The number of H-pyrrole nitrogens is 1. The molecule has 0 radical (unpaired) electrons. The van der Waals surface area contributed by atoms with Crippen LogP contribution >= 0.6 is 0 Å². The highest BCUT2D eigenvalue weighted by Crippen LogP contribution is 2.32. The lowest BCUT2D eigenvalue weighted by atomic mass is 9.91. The van der Waals surface area contributed by atoms with Gasteiger partial charge >= 0.3 is 0 Å². The highest BCUT2D eigenvalue weighted by atomic mass is 16.5. The lowest BCUT2D eigenvalue weighted by molar-refractivity contribution is -0.0251. The Labute approximate surface area is 77.5 Å². The minimum Gasteiger partial charge on any atom is -0.373 e. The van der Waals surface area contributed by atoms with Crippen molar-refractivity contribution in [2.24, 2.45) is 11.7 Å². The molecule has 13 heavy (non-hydrogen) atoms. The van der Waals surface area contributed by atoms with Crippen molar-refractivity contribution in [2.45, 2.75) is 18.9 Å². The number of nitrogens with zero attached hydrogens (tertiary/aromatic N) is 1. The summed E-state index contributed by atoms with van der Waals surface area (Å²) in [5.74, 6) is 0.450. The molecule has 2 rings (SSSR count). The van der Waals surface area contributed by atoms with Crippen molar-refractivity contribution in [3.8, 4) is 0 Å². The van der Waals surface area contributed by atoms with Gasteiger partial charge in [0, 0.05) is 24.3 Å². The smallest absolute Gasteiger partial charge is 0.0895 e. The normalized spacial score (nSPS) is 29.0. The molecule has 4 nitrogen and oxygen atoms in total. The lowest BCUT2D eigenvalue weighted by Crippen LogP contribution is -2.28. The van der Waals surface area contributed by atoms with Crippen LogP contribution in [0, 0.1) is 5.92 Å². The summed E-state index contributed by atoms with van der Waals surface area (Å²) in [5.41, 5.74) is 6.81. The summed E-state index contributed by atoms with van der Waals surface area (Å²) in [6, 6.07) is 0. The Morgan fingerprint density at radius 1 is 1.69 bits per heavy atom. The van der Waals surface area contributed by atoms with E-state index in [-0.39, 0.29) is 6.10 Å². The van der Waals surface area contributed by atoms with E-state index in [9.17, 15) is 0 Å². The van der Waals surface area contributed by atoms with Crippen LogP contribution in [0.1, 0.15) is 24.5 Å². The van der Waals surface area contributed by atoms with E-state index < -0.39 is 0 Å².